The lowest BCUT2D eigenvalue weighted by Gasteiger charge is -2.17. The second-order valence-electron chi connectivity index (χ2n) is 3.96. The summed E-state index contributed by atoms with van der Waals surface area (Å²) in [5.41, 5.74) is 4.20. The minimum Gasteiger partial charge on any atom is -0.473 e. The fourth-order valence-electron chi connectivity index (χ4n) is 1.38. The van der Waals surface area contributed by atoms with Crippen LogP contribution in [0.4, 0.5) is 5.69 Å². The Balaban J connectivity index is 3.19. The van der Waals surface area contributed by atoms with Crippen molar-refractivity contribution in [3.05, 3.63) is 18.2 Å². The van der Waals surface area contributed by atoms with Gasteiger partial charge in [-0.3, -0.25) is 4.55 Å². The fraction of sp³-hybridized carbons (Fsp3) is 0.400. The van der Waals surface area contributed by atoms with Gasteiger partial charge < -0.3 is 15.6 Å². The Kier molecular flexibility index (Phi) is 4.97. The van der Waals surface area contributed by atoms with Gasteiger partial charge in [0.15, 0.2) is 15.3 Å². The summed E-state index contributed by atoms with van der Waals surface area (Å²) in [6.45, 7) is 0.597. The number of sulfone groups is 1. The molecule has 1 unspecified atom stereocenters. The largest absolute Gasteiger partial charge is 0.473 e. The summed E-state index contributed by atoms with van der Waals surface area (Å²) in [4.78, 5) is -0.585. The second-order valence-corrected chi connectivity index (χ2v) is 7.75. The first-order valence-electron chi connectivity index (χ1n) is 5.44. The molecule has 114 valence electrons. The molecule has 0 radical (unpaired) electrons. The molecule has 0 saturated carbocycles. The number of benzene rings is 1. The zero-order chi connectivity index (χ0) is 15.6. The van der Waals surface area contributed by atoms with Crippen LogP contribution in [0.5, 0.6) is 5.75 Å². The smallest absolute Gasteiger partial charge is 0.298 e. The molecule has 4 N–H and O–H groups in total. The molecule has 0 aliphatic rings. The molecule has 0 amide bonds. The van der Waals surface area contributed by atoms with Crippen LogP contribution in [0.1, 0.15) is 6.92 Å². The molecule has 0 bridgehead atoms. The molecule has 1 aromatic carbocycles. The topological polar surface area (TPSA) is 144 Å². The van der Waals surface area contributed by atoms with Crippen LogP contribution in [0.2, 0.25) is 0 Å². The summed E-state index contributed by atoms with van der Waals surface area (Å²) in [7, 11) is -8.35. The Morgan fingerprint density at radius 2 is 1.90 bits per heavy atom. The van der Waals surface area contributed by atoms with E-state index in [0.29, 0.717) is 0 Å². The molecule has 1 rings (SSSR count). The van der Waals surface area contributed by atoms with Crippen molar-refractivity contribution in [2.24, 2.45) is 0 Å². The lowest BCUT2D eigenvalue weighted by atomic mass is 10.3. The number of aliphatic hydroxyl groups is 1. The monoisotopic (exact) mass is 325 g/mol. The lowest BCUT2D eigenvalue weighted by Crippen LogP contribution is -2.28. The van der Waals surface area contributed by atoms with Crippen molar-refractivity contribution in [2.75, 3.05) is 18.1 Å². The first-order valence-corrected chi connectivity index (χ1v) is 8.59. The van der Waals surface area contributed by atoms with Crippen LogP contribution in [0.15, 0.2) is 23.1 Å². The Morgan fingerprint density at radius 1 is 1.30 bits per heavy atom. The van der Waals surface area contributed by atoms with Crippen molar-refractivity contribution in [3.63, 3.8) is 0 Å². The molecule has 0 fully saturated rings. The highest BCUT2D eigenvalue weighted by molar-refractivity contribution is 7.91. The van der Waals surface area contributed by atoms with Gasteiger partial charge in [0.2, 0.25) is 0 Å². The third kappa shape index (κ3) is 4.07. The molecule has 8 nitrogen and oxygen atoms in total. The highest BCUT2D eigenvalue weighted by Crippen LogP contribution is 2.27. The molecule has 10 heteroatoms. The van der Waals surface area contributed by atoms with Crippen LogP contribution >= 0.6 is 0 Å². The number of rotatable bonds is 6. The molecule has 0 aliphatic carbocycles. The van der Waals surface area contributed by atoms with Gasteiger partial charge >= 0.3 is 0 Å². The van der Waals surface area contributed by atoms with Gasteiger partial charge in [-0.1, -0.05) is 0 Å². The minimum absolute atomic E-state index is 0.138. The van der Waals surface area contributed by atoms with E-state index in [9.17, 15) is 16.8 Å². The first-order chi connectivity index (χ1) is 9.08. The van der Waals surface area contributed by atoms with E-state index in [1.54, 1.807) is 0 Å². The van der Waals surface area contributed by atoms with Gasteiger partial charge in [0.05, 0.1) is 12.4 Å². The van der Waals surface area contributed by atoms with E-state index < -0.39 is 42.6 Å². The molecule has 0 saturated heterocycles. The van der Waals surface area contributed by atoms with E-state index in [0.717, 1.165) is 12.1 Å². The molecule has 0 aliphatic heterocycles. The lowest BCUT2D eigenvalue weighted by molar-refractivity contribution is 0.277. The van der Waals surface area contributed by atoms with Crippen LogP contribution in [-0.2, 0) is 20.0 Å². The van der Waals surface area contributed by atoms with E-state index in [4.69, 9.17) is 20.1 Å². The number of hydrogen-bond acceptors (Lipinski definition) is 7. The molecule has 0 spiro atoms. The number of ether oxygens (including phenoxy) is 1. The molecule has 20 heavy (non-hydrogen) atoms. The van der Waals surface area contributed by atoms with E-state index in [2.05, 4.69) is 0 Å². The van der Waals surface area contributed by atoms with Gasteiger partial charge in [0, 0.05) is 11.8 Å². The van der Waals surface area contributed by atoms with Crippen LogP contribution in [0.3, 0.4) is 0 Å². The predicted molar refractivity (Wildman–Crippen MR) is 71.6 cm³/mol. The zero-order valence-corrected chi connectivity index (χ0v) is 12.2. The third-order valence-corrected chi connectivity index (χ3v) is 5.17. The van der Waals surface area contributed by atoms with Gasteiger partial charge in [-0.05, 0) is 19.1 Å². The van der Waals surface area contributed by atoms with E-state index in [-0.39, 0.29) is 11.4 Å². The Bertz CT molecular complexity index is 682. The number of hydrogen-bond donors (Lipinski definition) is 3. The maximum Gasteiger partial charge on any atom is 0.298 e. The standard InChI is InChI=1S/C10H15NO7S2/c1-7(19(13,14)5-4-12)18-9-6-8(11)2-3-10(9)20(15,16)17/h2-3,6-7,12H,4-5,11H2,1H3,(H,15,16,17). The van der Waals surface area contributed by atoms with Crippen molar-refractivity contribution >= 4 is 25.6 Å². The van der Waals surface area contributed by atoms with Crippen molar-refractivity contribution < 1.29 is 31.2 Å². The van der Waals surface area contributed by atoms with Crippen LogP contribution in [-0.4, -0.2) is 44.3 Å². The van der Waals surface area contributed by atoms with Crippen LogP contribution in [0, 0.1) is 0 Å². The summed E-state index contributed by atoms with van der Waals surface area (Å²) in [6.07, 6.45) is 0. The van der Waals surface area contributed by atoms with Crippen molar-refractivity contribution in [1.29, 1.82) is 0 Å². The van der Waals surface area contributed by atoms with Crippen molar-refractivity contribution in [3.8, 4) is 5.75 Å². The first kappa shape index (κ1) is 16.7. The zero-order valence-electron chi connectivity index (χ0n) is 10.6. The van der Waals surface area contributed by atoms with Gasteiger partial charge in [0.1, 0.15) is 10.6 Å². The number of aliphatic hydroxyl groups excluding tert-OH is 1. The van der Waals surface area contributed by atoms with Gasteiger partial charge in [-0.15, -0.1) is 0 Å². The summed E-state index contributed by atoms with van der Waals surface area (Å²) in [5, 5.41) is 8.65. The number of nitrogens with two attached hydrogens (primary N) is 1. The van der Waals surface area contributed by atoms with Gasteiger partial charge in [-0.25, -0.2) is 8.42 Å². The average molecular weight is 325 g/mol. The third-order valence-electron chi connectivity index (χ3n) is 2.42. The normalized spacial score (nSPS) is 13.9. The Morgan fingerprint density at radius 3 is 2.40 bits per heavy atom. The van der Waals surface area contributed by atoms with Crippen molar-refractivity contribution in [1.82, 2.24) is 0 Å². The average Bonchev–Trinajstić information content (AvgIpc) is 2.27. The maximum atomic E-state index is 11.7. The van der Waals surface area contributed by atoms with E-state index >= 15 is 0 Å². The fourth-order valence-corrected chi connectivity index (χ4v) is 2.81. The molecule has 1 aromatic rings. The van der Waals surface area contributed by atoms with Crippen LogP contribution in [0.25, 0.3) is 0 Å². The van der Waals surface area contributed by atoms with Gasteiger partial charge in [0.25, 0.3) is 10.1 Å². The molecular weight excluding hydrogens is 310 g/mol. The Hall–Kier alpha value is -1.36. The highest BCUT2D eigenvalue weighted by Gasteiger charge is 2.25. The maximum absolute atomic E-state index is 11.7. The van der Waals surface area contributed by atoms with Gasteiger partial charge in [-0.2, -0.15) is 8.42 Å². The summed E-state index contributed by atoms with van der Waals surface area (Å²) >= 11 is 0. The molecule has 1 atom stereocenters. The second kappa shape index (κ2) is 5.95. The Labute approximate surface area is 116 Å². The minimum atomic E-state index is -4.58. The van der Waals surface area contributed by atoms with E-state index in [1.807, 2.05) is 0 Å². The summed E-state index contributed by atoms with van der Waals surface area (Å²) < 4.78 is 59.7. The predicted octanol–water partition coefficient (Wildman–Crippen LogP) is -0.353. The SMILES string of the molecule is CC(Oc1cc(N)ccc1S(=O)(=O)O)S(=O)(=O)CCO. The number of anilines is 1. The van der Waals surface area contributed by atoms with E-state index in [1.165, 1.54) is 13.0 Å². The molecular formula is C10H15NO7S2. The van der Waals surface area contributed by atoms with Crippen LogP contribution < -0.4 is 10.5 Å². The quantitative estimate of drug-likeness (QED) is 0.475. The summed E-state index contributed by atoms with van der Waals surface area (Å²) in [6, 6.07) is 3.32. The number of nitrogen functional groups attached to an aromatic ring is 1. The van der Waals surface area contributed by atoms with Crippen molar-refractivity contribution in [2.45, 2.75) is 17.3 Å². The summed E-state index contributed by atoms with van der Waals surface area (Å²) in [5.74, 6) is -0.904. The molecule has 0 heterocycles. The molecule has 0 aromatic heterocycles. The highest BCUT2D eigenvalue weighted by atomic mass is 32.2.